The van der Waals surface area contributed by atoms with Crippen molar-refractivity contribution < 1.29 is 35.8 Å². The number of alkyl halides is 6. The monoisotopic (exact) mass is 349 g/mol. The average molecular weight is 349 g/mol. The number of hydrogen-bond donors (Lipinski definition) is 0. The van der Waals surface area contributed by atoms with Crippen LogP contribution < -0.4 is 9.47 Å². The lowest BCUT2D eigenvalue weighted by molar-refractivity contribution is -0.275. The standard InChI is InChI=1S/C16H11F6O2/c17-15(18,19)23-13-6-3-4-11(10-13)8-9-12-5-1-2-7-14(12)24-16(20,21)22/h1-8,10H,9H2. The summed E-state index contributed by atoms with van der Waals surface area (Å²) >= 11 is 0. The highest BCUT2D eigenvalue weighted by Gasteiger charge is 2.32. The highest BCUT2D eigenvalue weighted by molar-refractivity contribution is 5.39. The van der Waals surface area contributed by atoms with Gasteiger partial charge in [0.1, 0.15) is 11.5 Å². The van der Waals surface area contributed by atoms with Crippen LogP contribution >= 0.6 is 0 Å². The van der Waals surface area contributed by atoms with Crippen molar-refractivity contribution in [3.05, 3.63) is 66.1 Å². The molecule has 2 nitrogen and oxygen atoms in total. The lowest BCUT2D eigenvalue weighted by atomic mass is 10.0. The number of ether oxygens (including phenoxy) is 2. The van der Waals surface area contributed by atoms with E-state index in [4.69, 9.17) is 0 Å². The molecule has 0 saturated heterocycles. The maximum atomic E-state index is 12.3. The number of para-hydroxylation sites is 1. The summed E-state index contributed by atoms with van der Waals surface area (Å²) in [5, 5.41) is 0. The predicted molar refractivity (Wildman–Crippen MR) is 73.4 cm³/mol. The van der Waals surface area contributed by atoms with Crippen molar-refractivity contribution in [3.8, 4) is 11.5 Å². The minimum Gasteiger partial charge on any atom is -0.406 e. The highest BCUT2D eigenvalue weighted by atomic mass is 19.4. The quantitative estimate of drug-likeness (QED) is 0.684. The highest BCUT2D eigenvalue weighted by Crippen LogP contribution is 2.28. The van der Waals surface area contributed by atoms with Gasteiger partial charge in [-0.3, -0.25) is 0 Å². The zero-order chi connectivity index (χ0) is 17.8. The lowest BCUT2D eigenvalue weighted by Crippen LogP contribution is -2.18. The van der Waals surface area contributed by atoms with Crippen molar-refractivity contribution in [1.82, 2.24) is 0 Å². The summed E-state index contributed by atoms with van der Waals surface area (Å²) < 4.78 is 81.3. The Morgan fingerprint density at radius 3 is 2.12 bits per heavy atom. The molecule has 2 aromatic carbocycles. The van der Waals surface area contributed by atoms with E-state index >= 15 is 0 Å². The van der Waals surface area contributed by atoms with Gasteiger partial charge in [-0.2, -0.15) is 0 Å². The van der Waals surface area contributed by atoms with Gasteiger partial charge in [-0.25, -0.2) is 0 Å². The van der Waals surface area contributed by atoms with Crippen LogP contribution in [0.3, 0.4) is 0 Å². The fourth-order valence-electron chi connectivity index (χ4n) is 1.96. The van der Waals surface area contributed by atoms with E-state index in [0.29, 0.717) is 5.56 Å². The maximum absolute atomic E-state index is 12.3. The summed E-state index contributed by atoms with van der Waals surface area (Å²) in [5.41, 5.74) is 0.621. The predicted octanol–water partition coefficient (Wildman–Crippen LogP) is 5.28. The van der Waals surface area contributed by atoms with Gasteiger partial charge in [0.2, 0.25) is 0 Å². The first kappa shape index (κ1) is 18.0. The molecule has 1 radical (unpaired) electrons. The Morgan fingerprint density at radius 1 is 0.792 bits per heavy atom. The summed E-state index contributed by atoms with van der Waals surface area (Å²) in [6.45, 7) is 0. The van der Waals surface area contributed by atoms with Crippen molar-refractivity contribution in [2.75, 3.05) is 0 Å². The molecule has 0 spiro atoms. The summed E-state index contributed by atoms with van der Waals surface area (Å²) in [4.78, 5) is 0. The maximum Gasteiger partial charge on any atom is 0.573 e. The van der Waals surface area contributed by atoms with Gasteiger partial charge in [-0.05, 0) is 42.2 Å². The van der Waals surface area contributed by atoms with Gasteiger partial charge in [0.15, 0.2) is 0 Å². The molecule has 129 valence electrons. The molecule has 0 aromatic heterocycles. The van der Waals surface area contributed by atoms with Crippen molar-refractivity contribution in [2.45, 2.75) is 19.1 Å². The number of hydrogen-bond acceptors (Lipinski definition) is 2. The van der Waals surface area contributed by atoms with Crippen LogP contribution in [0.25, 0.3) is 0 Å². The molecular formula is C16H11F6O2. The molecule has 0 fully saturated rings. The molecule has 0 unspecified atom stereocenters. The molecule has 2 rings (SSSR count). The smallest absolute Gasteiger partial charge is 0.406 e. The van der Waals surface area contributed by atoms with Gasteiger partial charge >= 0.3 is 12.7 Å². The molecule has 0 atom stereocenters. The van der Waals surface area contributed by atoms with Crippen LogP contribution in [0.4, 0.5) is 26.3 Å². The van der Waals surface area contributed by atoms with Crippen molar-refractivity contribution in [3.63, 3.8) is 0 Å². The summed E-state index contributed by atoms with van der Waals surface area (Å²) in [6, 6.07) is 10.7. The summed E-state index contributed by atoms with van der Waals surface area (Å²) in [5.74, 6) is -0.764. The Morgan fingerprint density at radius 2 is 1.46 bits per heavy atom. The van der Waals surface area contributed by atoms with Crippen LogP contribution in [0.5, 0.6) is 11.5 Å². The van der Waals surface area contributed by atoms with Crippen molar-refractivity contribution in [2.24, 2.45) is 0 Å². The Hall–Kier alpha value is -2.38. The zero-order valence-electron chi connectivity index (χ0n) is 12.0. The van der Waals surface area contributed by atoms with E-state index in [1.165, 1.54) is 42.8 Å². The van der Waals surface area contributed by atoms with Crippen LogP contribution in [0.2, 0.25) is 0 Å². The van der Waals surface area contributed by atoms with E-state index in [9.17, 15) is 26.3 Å². The Bertz CT molecular complexity index is 679. The van der Waals surface area contributed by atoms with E-state index in [1.54, 1.807) is 0 Å². The van der Waals surface area contributed by atoms with Crippen LogP contribution in [-0.4, -0.2) is 12.7 Å². The SMILES string of the molecule is FC(F)(F)Oc1cccc([CH]Cc2ccccc2OC(F)(F)F)c1. The van der Waals surface area contributed by atoms with Crippen LogP contribution in [0.1, 0.15) is 11.1 Å². The van der Waals surface area contributed by atoms with Crippen LogP contribution in [0, 0.1) is 6.42 Å². The fraction of sp³-hybridized carbons (Fsp3) is 0.188. The average Bonchev–Trinajstić information content (AvgIpc) is 2.43. The zero-order valence-corrected chi connectivity index (χ0v) is 12.0. The largest absolute Gasteiger partial charge is 0.573 e. The van der Waals surface area contributed by atoms with Gasteiger partial charge in [-0.1, -0.05) is 30.3 Å². The van der Waals surface area contributed by atoms with E-state index in [0.717, 1.165) is 12.1 Å². The Balaban J connectivity index is 2.08. The van der Waals surface area contributed by atoms with E-state index in [2.05, 4.69) is 9.47 Å². The molecule has 8 heteroatoms. The van der Waals surface area contributed by atoms with Gasteiger partial charge in [0.05, 0.1) is 0 Å². The number of halogens is 6. The van der Waals surface area contributed by atoms with Crippen LogP contribution in [-0.2, 0) is 6.42 Å². The van der Waals surface area contributed by atoms with Gasteiger partial charge < -0.3 is 9.47 Å². The Labute approximate surface area is 133 Å². The molecule has 0 heterocycles. The minimum absolute atomic E-state index is 0.0434. The molecule has 0 aliphatic carbocycles. The van der Waals surface area contributed by atoms with Crippen molar-refractivity contribution >= 4 is 0 Å². The molecule has 0 N–H and O–H groups in total. The molecule has 2 aromatic rings. The molecule has 0 saturated carbocycles. The second-order valence-electron chi connectivity index (χ2n) is 4.68. The van der Waals surface area contributed by atoms with Gasteiger partial charge in [-0.15, -0.1) is 26.3 Å². The topological polar surface area (TPSA) is 18.5 Å². The first-order valence-corrected chi connectivity index (χ1v) is 6.65. The second-order valence-corrected chi connectivity index (χ2v) is 4.68. The molecule has 0 aliphatic rings. The second kappa shape index (κ2) is 7.02. The van der Waals surface area contributed by atoms with Crippen LogP contribution in [0.15, 0.2) is 48.5 Å². The van der Waals surface area contributed by atoms with Gasteiger partial charge in [0.25, 0.3) is 0 Å². The number of rotatable bonds is 5. The normalized spacial score (nSPS) is 12.1. The Kier molecular flexibility index (Phi) is 5.26. The minimum atomic E-state index is -4.82. The first-order chi connectivity index (χ1) is 11.1. The molecular weight excluding hydrogens is 338 g/mol. The third kappa shape index (κ3) is 6.02. The first-order valence-electron chi connectivity index (χ1n) is 6.65. The molecule has 0 aliphatic heterocycles. The van der Waals surface area contributed by atoms with E-state index in [-0.39, 0.29) is 17.7 Å². The molecule has 0 amide bonds. The molecule has 24 heavy (non-hydrogen) atoms. The molecule has 0 bridgehead atoms. The van der Waals surface area contributed by atoms with Crippen molar-refractivity contribution in [1.29, 1.82) is 0 Å². The number of benzene rings is 2. The van der Waals surface area contributed by atoms with E-state index in [1.807, 2.05) is 0 Å². The fourth-order valence-corrected chi connectivity index (χ4v) is 1.96. The summed E-state index contributed by atoms with van der Waals surface area (Å²) in [7, 11) is 0. The lowest BCUT2D eigenvalue weighted by Gasteiger charge is -2.13. The summed E-state index contributed by atoms with van der Waals surface area (Å²) in [6.07, 6.45) is -8.12. The third-order valence-electron chi connectivity index (χ3n) is 2.85. The van der Waals surface area contributed by atoms with Gasteiger partial charge in [0, 0.05) is 0 Å². The van der Waals surface area contributed by atoms with E-state index < -0.39 is 18.5 Å². The third-order valence-corrected chi connectivity index (χ3v) is 2.85.